The molecule has 12 heteroatoms. The van der Waals surface area contributed by atoms with Crippen molar-refractivity contribution in [2.75, 3.05) is 19.0 Å². The van der Waals surface area contributed by atoms with Gasteiger partial charge >= 0.3 is 5.97 Å². The summed E-state index contributed by atoms with van der Waals surface area (Å²) in [6, 6.07) is 14.7. The summed E-state index contributed by atoms with van der Waals surface area (Å²) in [5, 5.41) is 23.0. The minimum absolute atomic E-state index is 0.0502. The summed E-state index contributed by atoms with van der Waals surface area (Å²) in [5.74, 6) is -1.91. The Labute approximate surface area is 238 Å². The van der Waals surface area contributed by atoms with Gasteiger partial charge in [0.2, 0.25) is 0 Å². The van der Waals surface area contributed by atoms with Crippen molar-refractivity contribution in [3.63, 3.8) is 0 Å². The van der Waals surface area contributed by atoms with Crippen LogP contribution in [0.15, 0.2) is 65.6 Å². The molecule has 3 aromatic rings. The van der Waals surface area contributed by atoms with Crippen LogP contribution < -0.4 is 10.6 Å². The zero-order valence-electron chi connectivity index (χ0n) is 21.2. The Balaban J connectivity index is 1.75. The number of carbonyl (C=O) groups is 2. The quantitative estimate of drug-likeness (QED) is 0.250. The molecule has 0 radical (unpaired) electrons. The van der Waals surface area contributed by atoms with E-state index in [0.29, 0.717) is 24.8 Å². The van der Waals surface area contributed by atoms with Crippen molar-refractivity contribution in [3.05, 3.63) is 87.4 Å². The Bertz CT molecular complexity index is 1440. The van der Waals surface area contributed by atoms with Crippen LogP contribution in [-0.4, -0.2) is 55.6 Å². The third-order valence-corrected chi connectivity index (χ3v) is 9.47. The Hall–Kier alpha value is -2.68. The molecule has 0 spiro atoms. The molecule has 0 saturated carbocycles. The Morgan fingerprint density at radius 2 is 1.69 bits per heavy atom. The number of carboxylic acid groups (broad SMARTS) is 1. The second kappa shape index (κ2) is 13.6. The summed E-state index contributed by atoms with van der Waals surface area (Å²) < 4.78 is 29.6. The highest BCUT2D eigenvalue weighted by Gasteiger charge is 2.25. The molecule has 0 fully saturated rings. The van der Waals surface area contributed by atoms with Gasteiger partial charge in [-0.25, -0.2) is 13.2 Å². The van der Waals surface area contributed by atoms with Crippen LogP contribution >= 0.6 is 31.4 Å². The maximum absolute atomic E-state index is 13.0. The number of nitrogens with one attached hydrogen (secondary N) is 1. The summed E-state index contributed by atoms with van der Waals surface area (Å²) in [6.07, 6.45) is 2.07. The number of hydrogen-bond donors (Lipinski definition) is 3. The summed E-state index contributed by atoms with van der Waals surface area (Å²) in [6.45, 7) is 2.40. The van der Waals surface area contributed by atoms with Crippen LogP contribution in [0.1, 0.15) is 28.4 Å². The van der Waals surface area contributed by atoms with Crippen LogP contribution in [0.2, 0.25) is 10.0 Å². The van der Waals surface area contributed by atoms with E-state index in [4.69, 9.17) is 27.7 Å². The highest BCUT2D eigenvalue weighted by Crippen LogP contribution is 2.38. The standard InChI is InChI=1S/C27H28Cl2NO7PS/c1-3-37-38(20-8-5-7-19(31)16-20)11-10-18-13-22(28)25(23(29)14-18)26(32)30-24(27(33)34)15-17-6-4-9-21(12-17)39(2,35)36/h4-9,12-14,16,24,31H,3,10-11,15H2,1-2H3,(H,30,32)(H,33,34). The number of aliphatic carboxylic acids is 1. The topological polar surface area (TPSA) is 130 Å². The number of carbonyl (C=O) groups excluding carboxylic acids is 1. The Morgan fingerprint density at radius 3 is 2.28 bits per heavy atom. The van der Waals surface area contributed by atoms with Crippen LogP contribution in [0.5, 0.6) is 5.75 Å². The second-order valence-electron chi connectivity index (χ2n) is 8.71. The van der Waals surface area contributed by atoms with Gasteiger partial charge in [-0.3, -0.25) is 4.79 Å². The van der Waals surface area contributed by atoms with Crippen molar-refractivity contribution < 1.29 is 32.7 Å². The van der Waals surface area contributed by atoms with Crippen molar-refractivity contribution in [2.24, 2.45) is 0 Å². The lowest BCUT2D eigenvalue weighted by atomic mass is 10.0. The maximum atomic E-state index is 13.0. The van der Waals surface area contributed by atoms with Crippen LogP contribution in [0.25, 0.3) is 0 Å². The lowest BCUT2D eigenvalue weighted by Crippen LogP contribution is -2.42. The lowest BCUT2D eigenvalue weighted by Gasteiger charge is -2.19. The van der Waals surface area contributed by atoms with Crippen LogP contribution in [0, 0.1) is 0 Å². The average Bonchev–Trinajstić information content (AvgIpc) is 2.85. The minimum Gasteiger partial charge on any atom is -0.508 e. The summed E-state index contributed by atoms with van der Waals surface area (Å²) in [5.41, 5.74) is 1.13. The van der Waals surface area contributed by atoms with E-state index in [1.807, 2.05) is 13.0 Å². The van der Waals surface area contributed by atoms with Gasteiger partial charge in [-0.15, -0.1) is 0 Å². The van der Waals surface area contributed by atoms with Crippen molar-refractivity contribution in [1.82, 2.24) is 5.32 Å². The minimum atomic E-state index is -3.48. The smallest absolute Gasteiger partial charge is 0.326 e. The molecule has 3 aromatic carbocycles. The van der Waals surface area contributed by atoms with Crippen molar-refractivity contribution in [3.8, 4) is 5.75 Å². The van der Waals surface area contributed by atoms with Gasteiger partial charge in [0, 0.05) is 30.7 Å². The molecule has 0 bridgehead atoms. The van der Waals surface area contributed by atoms with E-state index in [1.54, 1.807) is 36.4 Å². The predicted molar refractivity (Wildman–Crippen MR) is 153 cm³/mol. The first kappa shape index (κ1) is 30.9. The molecule has 8 nitrogen and oxygen atoms in total. The van der Waals surface area contributed by atoms with Crippen LogP contribution in [0.3, 0.4) is 0 Å². The molecule has 3 N–H and O–H groups in total. The number of aryl methyl sites for hydroxylation is 1. The average molecular weight is 612 g/mol. The number of amides is 1. The highest BCUT2D eigenvalue weighted by molar-refractivity contribution is 7.90. The van der Waals surface area contributed by atoms with Gasteiger partial charge in [-0.05, 0) is 60.9 Å². The van der Waals surface area contributed by atoms with Crippen molar-refractivity contribution in [1.29, 1.82) is 0 Å². The van der Waals surface area contributed by atoms with E-state index in [-0.39, 0.29) is 32.7 Å². The fourth-order valence-electron chi connectivity index (χ4n) is 3.86. The summed E-state index contributed by atoms with van der Waals surface area (Å²) in [7, 11) is -4.50. The zero-order valence-corrected chi connectivity index (χ0v) is 24.4. The second-order valence-corrected chi connectivity index (χ2v) is 13.5. The Kier molecular flexibility index (Phi) is 10.8. The van der Waals surface area contributed by atoms with Crippen LogP contribution in [0.4, 0.5) is 0 Å². The number of benzene rings is 3. The number of sulfone groups is 1. The number of phenolic OH excluding ortho intramolecular Hbond substituents is 1. The van der Waals surface area contributed by atoms with Gasteiger partial charge in [0.25, 0.3) is 5.91 Å². The third kappa shape index (κ3) is 8.65. The number of carboxylic acids is 1. The first-order chi connectivity index (χ1) is 18.4. The zero-order chi connectivity index (χ0) is 28.7. The maximum Gasteiger partial charge on any atom is 0.326 e. The number of aromatic hydroxyl groups is 1. The van der Waals surface area contributed by atoms with Crippen LogP contribution in [-0.2, 0) is 32.0 Å². The fourth-order valence-corrected chi connectivity index (χ4v) is 7.09. The molecule has 0 aliphatic heterocycles. The summed E-state index contributed by atoms with van der Waals surface area (Å²) >= 11 is 12.8. The molecule has 0 aliphatic carbocycles. The van der Waals surface area contributed by atoms with E-state index in [0.717, 1.165) is 17.1 Å². The van der Waals surface area contributed by atoms with E-state index in [2.05, 4.69) is 5.32 Å². The van der Waals surface area contributed by atoms with Gasteiger partial charge in [-0.2, -0.15) is 0 Å². The van der Waals surface area contributed by atoms with Crippen molar-refractivity contribution in [2.45, 2.75) is 30.7 Å². The largest absolute Gasteiger partial charge is 0.508 e. The molecule has 39 heavy (non-hydrogen) atoms. The molecule has 1 amide bonds. The molecule has 3 rings (SSSR count). The van der Waals surface area contributed by atoms with Gasteiger partial charge in [0.15, 0.2) is 9.84 Å². The van der Waals surface area contributed by atoms with Gasteiger partial charge in [0.05, 0.1) is 28.7 Å². The molecule has 208 valence electrons. The molecule has 0 aliphatic rings. The van der Waals surface area contributed by atoms with E-state index in [9.17, 15) is 28.2 Å². The van der Waals surface area contributed by atoms with Gasteiger partial charge in [-0.1, -0.05) is 47.5 Å². The van der Waals surface area contributed by atoms with E-state index >= 15 is 0 Å². The molecular formula is C27H28Cl2NO7PS. The normalized spacial score (nSPS) is 13.0. The third-order valence-electron chi connectivity index (χ3n) is 5.71. The predicted octanol–water partition coefficient (Wildman–Crippen LogP) is 4.83. The molecule has 0 saturated heterocycles. The number of rotatable bonds is 12. The van der Waals surface area contributed by atoms with Gasteiger partial charge < -0.3 is 20.1 Å². The Morgan fingerprint density at radius 1 is 1.03 bits per heavy atom. The fraction of sp³-hybridized carbons (Fsp3) is 0.259. The number of phenols is 1. The first-order valence-corrected chi connectivity index (χ1v) is 16.0. The number of hydrogen-bond acceptors (Lipinski definition) is 6. The van der Waals surface area contributed by atoms with Gasteiger partial charge in [0.1, 0.15) is 11.8 Å². The van der Waals surface area contributed by atoms with E-state index < -0.39 is 35.9 Å². The molecule has 0 aromatic heterocycles. The van der Waals surface area contributed by atoms with Crippen molar-refractivity contribution >= 4 is 58.4 Å². The monoisotopic (exact) mass is 611 g/mol. The molecule has 2 unspecified atom stereocenters. The molecule has 0 heterocycles. The molecular weight excluding hydrogens is 584 g/mol. The molecule has 2 atom stereocenters. The SMILES string of the molecule is CCOP(CCc1cc(Cl)c(C(=O)NC(Cc2cccc(S(C)(=O)=O)c2)C(=O)O)c(Cl)c1)c1cccc(O)c1. The first-order valence-electron chi connectivity index (χ1n) is 11.9. The lowest BCUT2D eigenvalue weighted by molar-refractivity contribution is -0.139. The summed E-state index contributed by atoms with van der Waals surface area (Å²) in [4.78, 5) is 25.0. The van der Waals surface area contributed by atoms with E-state index in [1.165, 1.54) is 18.2 Å². The number of halogens is 2. The highest BCUT2D eigenvalue weighted by atomic mass is 35.5.